The molecule has 2 unspecified atom stereocenters. The van der Waals surface area contributed by atoms with E-state index >= 15 is 0 Å². The average Bonchev–Trinajstić information content (AvgIpc) is 3.13. The minimum Gasteiger partial charge on any atom is -0.485 e. The summed E-state index contributed by atoms with van der Waals surface area (Å²) < 4.78 is 21.7. The van der Waals surface area contributed by atoms with Gasteiger partial charge in [0.15, 0.2) is 18.1 Å². The van der Waals surface area contributed by atoms with E-state index in [1.54, 1.807) is 38.1 Å². The fourth-order valence-electron chi connectivity index (χ4n) is 3.86. The summed E-state index contributed by atoms with van der Waals surface area (Å²) in [5.41, 5.74) is 1.36. The Morgan fingerprint density at radius 2 is 1.97 bits per heavy atom. The zero-order chi connectivity index (χ0) is 23.5. The van der Waals surface area contributed by atoms with E-state index in [0.29, 0.717) is 28.0 Å². The lowest BCUT2D eigenvalue weighted by Crippen LogP contribution is -2.39. The maximum absolute atomic E-state index is 12.8. The van der Waals surface area contributed by atoms with Crippen LogP contribution in [0.2, 0.25) is 0 Å². The third-order valence-electron chi connectivity index (χ3n) is 5.43. The normalized spacial score (nSPS) is 18.9. The predicted octanol–water partition coefficient (Wildman–Crippen LogP) is 3.76. The molecule has 2 aromatic rings. The molecule has 0 spiro atoms. The number of amides is 1. The molecule has 2 aliphatic rings. The number of hydrogen-bond acceptors (Lipinski definition) is 8. The number of fused-ring (bicyclic) bond motifs is 2. The lowest BCUT2D eigenvalue weighted by atomic mass is 9.88. The topological polar surface area (TPSA) is 100 Å². The van der Waals surface area contributed by atoms with E-state index in [9.17, 15) is 14.4 Å². The Morgan fingerprint density at radius 1 is 1.21 bits per heavy atom. The van der Waals surface area contributed by atoms with Crippen LogP contribution < -0.4 is 14.8 Å². The van der Waals surface area contributed by atoms with Crippen LogP contribution in [0.25, 0.3) is 0 Å². The van der Waals surface area contributed by atoms with Crippen LogP contribution in [-0.2, 0) is 31.9 Å². The molecule has 1 aromatic heterocycles. The Kier molecular flexibility index (Phi) is 6.88. The van der Waals surface area contributed by atoms with Crippen LogP contribution in [0.15, 0.2) is 24.3 Å². The molecule has 1 N–H and O–H groups in total. The van der Waals surface area contributed by atoms with Gasteiger partial charge >= 0.3 is 11.9 Å². The summed E-state index contributed by atoms with van der Waals surface area (Å²) in [5, 5.41) is 3.18. The molecule has 8 nitrogen and oxygen atoms in total. The Balaban J connectivity index is 1.40. The first-order chi connectivity index (χ1) is 15.8. The molecule has 176 valence electrons. The van der Waals surface area contributed by atoms with Crippen molar-refractivity contribution in [2.24, 2.45) is 5.92 Å². The van der Waals surface area contributed by atoms with Crippen LogP contribution in [0.4, 0.5) is 5.00 Å². The summed E-state index contributed by atoms with van der Waals surface area (Å²) in [5.74, 6) is -0.171. The van der Waals surface area contributed by atoms with Crippen LogP contribution in [-0.4, -0.2) is 43.3 Å². The molecule has 33 heavy (non-hydrogen) atoms. The molecule has 9 heteroatoms. The van der Waals surface area contributed by atoms with Gasteiger partial charge in [0.2, 0.25) is 6.10 Å². The number of nitrogens with one attached hydrogen (secondary N) is 1. The van der Waals surface area contributed by atoms with E-state index in [-0.39, 0.29) is 12.7 Å². The van der Waals surface area contributed by atoms with Crippen molar-refractivity contribution in [1.29, 1.82) is 0 Å². The van der Waals surface area contributed by atoms with Crippen molar-refractivity contribution in [3.8, 4) is 11.5 Å². The second kappa shape index (κ2) is 9.82. The van der Waals surface area contributed by atoms with E-state index in [1.165, 1.54) is 11.3 Å². The molecule has 0 saturated heterocycles. The largest absolute Gasteiger partial charge is 0.485 e. The highest BCUT2D eigenvalue weighted by atomic mass is 32.1. The number of para-hydroxylation sites is 2. The van der Waals surface area contributed by atoms with E-state index in [1.807, 2.05) is 0 Å². The highest BCUT2D eigenvalue weighted by Crippen LogP contribution is 2.40. The standard InChI is InChI=1S/C24H27NO7S/c1-13(2)31-24(28)21-15-9-8-14(3)10-19(15)33-22(21)25-20(26)12-30-23(27)18-11-29-16-6-4-5-7-17(16)32-18/h4-7,13-14,18H,8-12H2,1-3H3,(H,25,26). The monoisotopic (exact) mass is 473 g/mol. The number of carbonyl (C=O) groups excluding carboxylic acids is 3. The van der Waals surface area contributed by atoms with Crippen LogP contribution in [0.3, 0.4) is 0 Å². The smallest absolute Gasteiger partial charge is 0.351 e. The van der Waals surface area contributed by atoms with Gasteiger partial charge in [-0.05, 0) is 56.7 Å². The molecule has 2 atom stereocenters. The maximum Gasteiger partial charge on any atom is 0.351 e. The Labute approximate surface area is 196 Å². The van der Waals surface area contributed by atoms with Gasteiger partial charge in [0.1, 0.15) is 11.6 Å². The molecule has 0 radical (unpaired) electrons. The lowest BCUT2D eigenvalue weighted by Gasteiger charge is -2.24. The summed E-state index contributed by atoms with van der Waals surface area (Å²) in [7, 11) is 0. The molecule has 1 aliphatic heterocycles. The van der Waals surface area contributed by atoms with Crippen LogP contribution in [0.1, 0.15) is 48.0 Å². The van der Waals surface area contributed by atoms with E-state index < -0.39 is 30.6 Å². The number of carbonyl (C=O) groups is 3. The zero-order valence-corrected chi connectivity index (χ0v) is 19.7. The average molecular weight is 474 g/mol. The third kappa shape index (κ3) is 5.30. The number of rotatable bonds is 6. The first-order valence-electron chi connectivity index (χ1n) is 11.0. The summed E-state index contributed by atoms with van der Waals surface area (Å²) in [4.78, 5) is 38.8. The van der Waals surface area contributed by atoms with Crippen LogP contribution in [0, 0.1) is 5.92 Å². The van der Waals surface area contributed by atoms with Crippen molar-refractivity contribution < 1.29 is 33.3 Å². The fraction of sp³-hybridized carbons (Fsp3) is 0.458. The van der Waals surface area contributed by atoms with Crippen molar-refractivity contribution in [2.75, 3.05) is 18.5 Å². The first kappa shape index (κ1) is 23.1. The number of ether oxygens (including phenoxy) is 4. The van der Waals surface area contributed by atoms with Gasteiger partial charge in [0.25, 0.3) is 5.91 Å². The molecule has 0 fully saturated rings. The van der Waals surface area contributed by atoms with Gasteiger partial charge < -0.3 is 24.3 Å². The minimum atomic E-state index is -0.959. The van der Waals surface area contributed by atoms with Gasteiger partial charge in [0, 0.05) is 4.88 Å². The van der Waals surface area contributed by atoms with Crippen LogP contribution in [0.5, 0.6) is 11.5 Å². The van der Waals surface area contributed by atoms with Crippen molar-refractivity contribution in [3.63, 3.8) is 0 Å². The van der Waals surface area contributed by atoms with E-state index in [4.69, 9.17) is 18.9 Å². The Bertz CT molecular complexity index is 1060. The summed E-state index contributed by atoms with van der Waals surface area (Å²) >= 11 is 1.39. The molecular weight excluding hydrogens is 446 g/mol. The lowest BCUT2D eigenvalue weighted by molar-refractivity contribution is -0.156. The van der Waals surface area contributed by atoms with Gasteiger partial charge in [-0.3, -0.25) is 4.79 Å². The summed E-state index contributed by atoms with van der Waals surface area (Å²) in [6.45, 7) is 5.23. The molecule has 1 aromatic carbocycles. The van der Waals surface area contributed by atoms with Gasteiger partial charge in [-0.15, -0.1) is 11.3 Å². The van der Waals surface area contributed by atoms with Crippen molar-refractivity contribution in [2.45, 2.75) is 52.2 Å². The second-order valence-corrected chi connectivity index (χ2v) is 9.64. The molecule has 1 amide bonds. The molecular formula is C24H27NO7S. The van der Waals surface area contributed by atoms with Crippen molar-refractivity contribution in [3.05, 3.63) is 40.3 Å². The Morgan fingerprint density at radius 3 is 2.73 bits per heavy atom. The molecule has 0 saturated carbocycles. The van der Waals surface area contributed by atoms with E-state index in [0.717, 1.165) is 29.7 Å². The zero-order valence-electron chi connectivity index (χ0n) is 18.8. The van der Waals surface area contributed by atoms with Gasteiger partial charge in [-0.1, -0.05) is 19.1 Å². The first-order valence-corrected chi connectivity index (χ1v) is 11.8. The third-order valence-corrected chi connectivity index (χ3v) is 6.60. The molecule has 0 bridgehead atoms. The van der Waals surface area contributed by atoms with Gasteiger partial charge in [0.05, 0.1) is 11.7 Å². The Hall–Kier alpha value is -3.07. The minimum absolute atomic E-state index is 0.00150. The van der Waals surface area contributed by atoms with Crippen LogP contribution >= 0.6 is 11.3 Å². The van der Waals surface area contributed by atoms with Gasteiger partial charge in [-0.25, -0.2) is 9.59 Å². The molecule has 4 rings (SSSR count). The fourth-order valence-corrected chi connectivity index (χ4v) is 5.27. The van der Waals surface area contributed by atoms with Crippen molar-refractivity contribution in [1.82, 2.24) is 0 Å². The summed E-state index contributed by atoms with van der Waals surface area (Å²) in [6, 6.07) is 7.01. The molecule has 2 heterocycles. The number of benzene rings is 1. The maximum atomic E-state index is 12.8. The summed E-state index contributed by atoms with van der Waals surface area (Å²) in [6.07, 6.45) is 1.36. The van der Waals surface area contributed by atoms with Gasteiger partial charge in [-0.2, -0.15) is 0 Å². The second-order valence-electron chi connectivity index (χ2n) is 8.53. The number of thiophene rings is 1. The highest BCUT2D eigenvalue weighted by Gasteiger charge is 2.31. The highest BCUT2D eigenvalue weighted by molar-refractivity contribution is 7.17. The molecule has 1 aliphatic carbocycles. The quantitative estimate of drug-likeness (QED) is 0.638. The van der Waals surface area contributed by atoms with Crippen molar-refractivity contribution >= 4 is 34.2 Å². The number of esters is 2. The SMILES string of the molecule is CC1CCc2c(sc(NC(=O)COC(=O)C3COc4ccccc4O3)c2C(=O)OC(C)C)C1. The predicted molar refractivity (Wildman–Crippen MR) is 122 cm³/mol. The van der Waals surface area contributed by atoms with E-state index in [2.05, 4.69) is 12.2 Å². The number of hydrogen-bond donors (Lipinski definition) is 1. The number of anilines is 1.